The van der Waals surface area contributed by atoms with Crippen molar-refractivity contribution in [3.63, 3.8) is 0 Å². The lowest BCUT2D eigenvalue weighted by atomic mass is 10.1. The third-order valence-corrected chi connectivity index (χ3v) is 2.89. The van der Waals surface area contributed by atoms with Gasteiger partial charge in [-0.2, -0.15) is 0 Å². The average Bonchev–Trinajstić information content (AvgIpc) is 2.47. The molecule has 0 spiro atoms. The molecule has 2 aliphatic carbocycles. The molecule has 62 valence electrons. The van der Waals surface area contributed by atoms with Gasteiger partial charge in [0.1, 0.15) is 0 Å². The van der Waals surface area contributed by atoms with E-state index in [0.29, 0.717) is 11.8 Å². The summed E-state index contributed by atoms with van der Waals surface area (Å²) in [4.78, 5) is 11.0. The summed E-state index contributed by atoms with van der Waals surface area (Å²) in [6, 6.07) is 0. The van der Waals surface area contributed by atoms with Crippen molar-refractivity contribution in [1.82, 2.24) is 0 Å². The molecule has 2 saturated carbocycles. The van der Waals surface area contributed by atoms with E-state index in [0.717, 1.165) is 0 Å². The molecule has 3 heteroatoms. The first-order valence-corrected chi connectivity index (χ1v) is 4.12. The van der Waals surface area contributed by atoms with Crippen molar-refractivity contribution in [3.05, 3.63) is 0 Å². The van der Waals surface area contributed by atoms with Crippen molar-refractivity contribution in [2.24, 2.45) is 17.8 Å². The van der Waals surface area contributed by atoms with Crippen LogP contribution in [0.1, 0.15) is 19.3 Å². The highest BCUT2D eigenvalue weighted by atomic mass is 16.6. The molecule has 0 radical (unpaired) electrons. The molecule has 2 atom stereocenters. The Kier molecular flexibility index (Phi) is 1.60. The van der Waals surface area contributed by atoms with Gasteiger partial charge in [0.2, 0.25) is 0 Å². The number of esters is 1. The molecular formula is C8H12O3. The average molecular weight is 156 g/mol. The molecule has 0 aromatic heterocycles. The van der Waals surface area contributed by atoms with Crippen LogP contribution in [0.3, 0.4) is 0 Å². The van der Waals surface area contributed by atoms with Gasteiger partial charge in [-0.3, -0.25) is 4.79 Å². The van der Waals surface area contributed by atoms with E-state index in [4.69, 9.17) is 5.11 Å². The second-order valence-electron chi connectivity index (χ2n) is 3.38. The van der Waals surface area contributed by atoms with Crippen LogP contribution in [0.5, 0.6) is 0 Å². The Morgan fingerprint density at radius 2 is 2.09 bits per heavy atom. The molecule has 2 rings (SSSR count). The zero-order valence-electron chi connectivity index (χ0n) is 6.32. The molecule has 3 nitrogen and oxygen atoms in total. The smallest absolute Gasteiger partial charge is 0.311 e. The van der Waals surface area contributed by atoms with Crippen LogP contribution in [0.4, 0.5) is 0 Å². The van der Waals surface area contributed by atoms with E-state index in [1.54, 1.807) is 0 Å². The fourth-order valence-corrected chi connectivity index (χ4v) is 2.33. The maximum atomic E-state index is 11.0. The second-order valence-corrected chi connectivity index (χ2v) is 3.38. The number of aliphatic hydroxyl groups is 1. The highest BCUT2D eigenvalue weighted by Gasteiger charge is 2.57. The number of hydrogen-bond donors (Lipinski definition) is 1. The second kappa shape index (κ2) is 2.48. The minimum atomic E-state index is -0.464. The molecule has 0 bridgehead atoms. The van der Waals surface area contributed by atoms with E-state index in [9.17, 15) is 4.79 Å². The summed E-state index contributed by atoms with van der Waals surface area (Å²) in [7, 11) is 0. The zero-order valence-corrected chi connectivity index (χ0v) is 6.32. The van der Waals surface area contributed by atoms with E-state index in [2.05, 4.69) is 4.74 Å². The molecule has 2 fully saturated rings. The van der Waals surface area contributed by atoms with Gasteiger partial charge in [0, 0.05) is 0 Å². The quantitative estimate of drug-likeness (QED) is 0.468. The van der Waals surface area contributed by atoms with Crippen LogP contribution in [0.15, 0.2) is 0 Å². The van der Waals surface area contributed by atoms with Crippen molar-refractivity contribution in [1.29, 1.82) is 0 Å². The van der Waals surface area contributed by atoms with Gasteiger partial charge in [0.15, 0.2) is 6.79 Å². The predicted molar refractivity (Wildman–Crippen MR) is 37.5 cm³/mol. The van der Waals surface area contributed by atoms with Crippen molar-refractivity contribution in [2.75, 3.05) is 6.79 Å². The molecule has 11 heavy (non-hydrogen) atoms. The van der Waals surface area contributed by atoms with E-state index >= 15 is 0 Å². The van der Waals surface area contributed by atoms with E-state index in [-0.39, 0.29) is 11.9 Å². The fraction of sp³-hybridized carbons (Fsp3) is 0.875. The van der Waals surface area contributed by atoms with Gasteiger partial charge in [-0.1, -0.05) is 6.42 Å². The third-order valence-electron chi connectivity index (χ3n) is 2.89. The Balaban J connectivity index is 1.85. The highest BCUT2D eigenvalue weighted by Crippen LogP contribution is 2.57. The Morgan fingerprint density at radius 3 is 2.64 bits per heavy atom. The van der Waals surface area contributed by atoms with Crippen LogP contribution in [-0.4, -0.2) is 17.9 Å². The maximum Gasteiger partial charge on any atom is 0.311 e. The van der Waals surface area contributed by atoms with Gasteiger partial charge in [-0.15, -0.1) is 0 Å². The van der Waals surface area contributed by atoms with Crippen LogP contribution in [0.25, 0.3) is 0 Å². The van der Waals surface area contributed by atoms with Crippen LogP contribution in [-0.2, 0) is 9.53 Å². The lowest BCUT2D eigenvalue weighted by molar-refractivity contribution is -0.154. The van der Waals surface area contributed by atoms with Crippen LogP contribution in [0.2, 0.25) is 0 Å². The molecule has 0 aromatic carbocycles. The normalized spacial score (nSPS) is 39.9. The first kappa shape index (κ1) is 7.10. The van der Waals surface area contributed by atoms with Crippen molar-refractivity contribution < 1.29 is 14.6 Å². The number of carbonyl (C=O) groups excluding carboxylic acids is 1. The lowest BCUT2D eigenvalue weighted by Crippen LogP contribution is -2.10. The molecule has 2 aliphatic rings. The van der Waals surface area contributed by atoms with Crippen molar-refractivity contribution >= 4 is 5.97 Å². The first-order valence-electron chi connectivity index (χ1n) is 4.12. The number of fused-ring (bicyclic) bond motifs is 1. The van der Waals surface area contributed by atoms with Crippen LogP contribution in [0, 0.1) is 17.8 Å². The Morgan fingerprint density at radius 1 is 1.45 bits per heavy atom. The third kappa shape index (κ3) is 1.03. The number of hydrogen-bond acceptors (Lipinski definition) is 3. The summed E-state index contributed by atoms with van der Waals surface area (Å²) in [5, 5.41) is 8.33. The maximum absolute atomic E-state index is 11.0. The van der Waals surface area contributed by atoms with Crippen LogP contribution < -0.4 is 0 Å². The Labute approximate surface area is 65.4 Å². The summed E-state index contributed by atoms with van der Waals surface area (Å²) >= 11 is 0. The number of carbonyl (C=O) groups is 1. The van der Waals surface area contributed by atoms with Gasteiger partial charge in [-0.25, -0.2) is 0 Å². The monoisotopic (exact) mass is 156 g/mol. The highest BCUT2D eigenvalue weighted by molar-refractivity contribution is 5.76. The van der Waals surface area contributed by atoms with E-state index in [1.165, 1.54) is 19.3 Å². The number of rotatable bonds is 2. The fourth-order valence-electron chi connectivity index (χ4n) is 2.33. The van der Waals surface area contributed by atoms with Crippen molar-refractivity contribution in [2.45, 2.75) is 19.3 Å². The summed E-state index contributed by atoms with van der Waals surface area (Å²) in [6.45, 7) is -0.464. The molecule has 0 aromatic rings. The largest absolute Gasteiger partial charge is 0.438 e. The number of aliphatic hydroxyl groups excluding tert-OH is 1. The molecule has 1 N–H and O–H groups in total. The summed E-state index contributed by atoms with van der Waals surface area (Å²) < 4.78 is 4.52. The molecule has 2 unspecified atom stereocenters. The minimum Gasteiger partial charge on any atom is -0.438 e. The van der Waals surface area contributed by atoms with Gasteiger partial charge in [0.05, 0.1) is 5.92 Å². The summed E-state index contributed by atoms with van der Waals surface area (Å²) in [5.41, 5.74) is 0. The van der Waals surface area contributed by atoms with Crippen LogP contribution >= 0.6 is 0 Å². The molecule has 0 aliphatic heterocycles. The predicted octanol–water partition coefficient (Wildman–Crippen LogP) is 0.526. The summed E-state index contributed by atoms with van der Waals surface area (Å²) in [5.74, 6) is 1.13. The minimum absolute atomic E-state index is 0.135. The standard InChI is InChI=1S/C8H12O3/c9-4-11-8(10)7-5-2-1-3-6(5)7/h5-7,9H,1-4H2. The molecule has 0 amide bonds. The summed E-state index contributed by atoms with van der Waals surface area (Å²) in [6.07, 6.45) is 3.62. The topological polar surface area (TPSA) is 46.5 Å². The zero-order chi connectivity index (χ0) is 7.84. The Bertz CT molecular complexity index is 168. The molecule has 0 heterocycles. The van der Waals surface area contributed by atoms with Crippen molar-refractivity contribution in [3.8, 4) is 0 Å². The Hall–Kier alpha value is -0.570. The van der Waals surface area contributed by atoms with Gasteiger partial charge in [0.25, 0.3) is 0 Å². The van der Waals surface area contributed by atoms with E-state index < -0.39 is 6.79 Å². The molecule has 0 saturated heterocycles. The first-order chi connectivity index (χ1) is 5.34. The van der Waals surface area contributed by atoms with E-state index in [1.807, 2.05) is 0 Å². The molecular weight excluding hydrogens is 144 g/mol. The lowest BCUT2D eigenvalue weighted by Gasteiger charge is -2.01. The van der Waals surface area contributed by atoms with Gasteiger partial charge >= 0.3 is 5.97 Å². The van der Waals surface area contributed by atoms with Gasteiger partial charge < -0.3 is 9.84 Å². The number of ether oxygens (including phenoxy) is 1. The SMILES string of the molecule is O=C(OCO)C1C2CCCC21. The van der Waals surface area contributed by atoms with Gasteiger partial charge in [-0.05, 0) is 24.7 Å².